The molecule has 0 saturated heterocycles. The van der Waals surface area contributed by atoms with Crippen LogP contribution in [0.3, 0.4) is 0 Å². The van der Waals surface area contributed by atoms with Crippen molar-refractivity contribution in [3.8, 4) is 0 Å². The summed E-state index contributed by atoms with van der Waals surface area (Å²) in [5, 5.41) is 3.48. The van der Waals surface area contributed by atoms with Crippen LogP contribution in [-0.4, -0.2) is 11.5 Å². The smallest absolute Gasteiger partial charge is 0.125 e. The first-order chi connectivity index (χ1) is 8.47. The molecular weight excluding hydrogens is 220 g/mol. The van der Waals surface area contributed by atoms with Gasteiger partial charge < -0.3 is 5.32 Å². The standard InChI is InChI=1S/C16H26N2/c1-12-6-5-7-13(12)10-17-15-9-8-14(11-18-15)16(2,3)4/h8-9,11-13H,5-7,10H2,1-4H3,(H,17,18). The van der Waals surface area contributed by atoms with Gasteiger partial charge in [-0.1, -0.05) is 46.6 Å². The molecule has 2 heteroatoms. The first-order valence-corrected chi connectivity index (χ1v) is 7.17. The Labute approximate surface area is 111 Å². The Morgan fingerprint density at radius 2 is 2.06 bits per heavy atom. The van der Waals surface area contributed by atoms with Gasteiger partial charge in [-0.25, -0.2) is 4.98 Å². The van der Waals surface area contributed by atoms with E-state index in [1.54, 1.807) is 0 Å². The molecule has 1 aliphatic rings. The number of hydrogen-bond acceptors (Lipinski definition) is 2. The molecule has 1 saturated carbocycles. The van der Waals surface area contributed by atoms with E-state index in [-0.39, 0.29) is 5.41 Å². The average molecular weight is 246 g/mol. The highest BCUT2D eigenvalue weighted by atomic mass is 15.0. The van der Waals surface area contributed by atoms with Crippen molar-refractivity contribution in [1.29, 1.82) is 0 Å². The molecule has 0 spiro atoms. The van der Waals surface area contributed by atoms with Gasteiger partial charge in [0.15, 0.2) is 0 Å². The van der Waals surface area contributed by atoms with Crippen LogP contribution in [-0.2, 0) is 5.41 Å². The third-order valence-corrected chi connectivity index (χ3v) is 4.21. The van der Waals surface area contributed by atoms with Crippen LogP contribution in [0.1, 0.15) is 52.5 Å². The fourth-order valence-electron chi connectivity index (χ4n) is 2.70. The number of anilines is 1. The van der Waals surface area contributed by atoms with E-state index in [2.05, 4.69) is 50.1 Å². The maximum atomic E-state index is 4.52. The predicted octanol–water partition coefficient (Wildman–Crippen LogP) is 4.23. The second-order valence-electron chi connectivity index (χ2n) is 6.73. The van der Waals surface area contributed by atoms with E-state index < -0.39 is 0 Å². The minimum atomic E-state index is 0.186. The molecule has 1 aromatic heterocycles. The van der Waals surface area contributed by atoms with E-state index in [4.69, 9.17) is 0 Å². The summed E-state index contributed by atoms with van der Waals surface area (Å²) in [7, 11) is 0. The molecule has 1 N–H and O–H groups in total. The quantitative estimate of drug-likeness (QED) is 0.863. The molecule has 1 fully saturated rings. The molecule has 0 aromatic carbocycles. The zero-order valence-corrected chi connectivity index (χ0v) is 12.2. The van der Waals surface area contributed by atoms with Crippen LogP contribution in [0.15, 0.2) is 18.3 Å². The molecule has 0 radical (unpaired) electrons. The molecule has 18 heavy (non-hydrogen) atoms. The summed E-state index contributed by atoms with van der Waals surface area (Å²) in [6, 6.07) is 4.30. The van der Waals surface area contributed by atoms with Crippen LogP contribution in [0.2, 0.25) is 0 Å². The highest BCUT2D eigenvalue weighted by Crippen LogP contribution is 2.31. The van der Waals surface area contributed by atoms with Crippen LogP contribution in [0.25, 0.3) is 0 Å². The molecule has 2 unspecified atom stereocenters. The van der Waals surface area contributed by atoms with Crippen molar-refractivity contribution in [2.45, 2.75) is 52.4 Å². The summed E-state index contributed by atoms with van der Waals surface area (Å²) < 4.78 is 0. The predicted molar refractivity (Wildman–Crippen MR) is 77.9 cm³/mol. The summed E-state index contributed by atoms with van der Waals surface area (Å²) in [4.78, 5) is 4.52. The molecule has 2 atom stereocenters. The summed E-state index contributed by atoms with van der Waals surface area (Å²) in [6.07, 6.45) is 6.15. The van der Waals surface area contributed by atoms with Gasteiger partial charge in [-0.05, 0) is 35.3 Å². The molecule has 2 nitrogen and oxygen atoms in total. The molecule has 2 rings (SSSR count). The fourth-order valence-corrected chi connectivity index (χ4v) is 2.70. The van der Waals surface area contributed by atoms with Gasteiger partial charge in [0.25, 0.3) is 0 Å². The van der Waals surface area contributed by atoms with Gasteiger partial charge in [0.2, 0.25) is 0 Å². The molecule has 1 aliphatic carbocycles. The summed E-state index contributed by atoms with van der Waals surface area (Å²) in [5.41, 5.74) is 1.48. The van der Waals surface area contributed by atoms with E-state index in [1.807, 2.05) is 6.20 Å². The lowest BCUT2D eigenvalue weighted by Crippen LogP contribution is -2.17. The third kappa shape index (κ3) is 3.24. The summed E-state index contributed by atoms with van der Waals surface area (Å²) in [6.45, 7) is 10.1. The zero-order chi connectivity index (χ0) is 13.2. The largest absolute Gasteiger partial charge is 0.370 e. The van der Waals surface area contributed by atoms with Crippen LogP contribution in [0.4, 0.5) is 5.82 Å². The Bertz CT molecular complexity index is 375. The van der Waals surface area contributed by atoms with Gasteiger partial charge in [-0.15, -0.1) is 0 Å². The Morgan fingerprint density at radius 1 is 1.28 bits per heavy atom. The lowest BCUT2D eigenvalue weighted by atomic mass is 9.88. The van der Waals surface area contributed by atoms with Gasteiger partial charge in [-0.3, -0.25) is 0 Å². The zero-order valence-electron chi connectivity index (χ0n) is 12.2. The Balaban J connectivity index is 1.90. The molecule has 0 bridgehead atoms. The normalized spacial score (nSPS) is 24.2. The molecule has 1 heterocycles. The maximum absolute atomic E-state index is 4.52. The number of aromatic nitrogens is 1. The highest BCUT2D eigenvalue weighted by molar-refractivity contribution is 5.37. The minimum Gasteiger partial charge on any atom is -0.370 e. The van der Waals surface area contributed by atoms with E-state index in [0.29, 0.717) is 0 Å². The third-order valence-electron chi connectivity index (χ3n) is 4.21. The van der Waals surface area contributed by atoms with E-state index in [0.717, 1.165) is 24.2 Å². The second kappa shape index (κ2) is 5.29. The van der Waals surface area contributed by atoms with Crippen LogP contribution >= 0.6 is 0 Å². The maximum Gasteiger partial charge on any atom is 0.125 e. The number of nitrogens with one attached hydrogen (secondary N) is 1. The van der Waals surface area contributed by atoms with E-state index in [9.17, 15) is 0 Å². The molecular formula is C16H26N2. The van der Waals surface area contributed by atoms with Crippen molar-refractivity contribution >= 4 is 5.82 Å². The van der Waals surface area contributed by atoms with Gasteiger partial charge >= 0.3 is 0 Å². The van der Waals surface area contributed by atoms with Gasteiger partial charge in [0.1, 0.15) is 5.82 Å². The Morgan fingerprint density at radius 3 is 2.56 bits per heavy atom. The number of rotatable bonds is 3. The van der Waals surface area contributed by atoms with Crippen LogP contribution in [0, 0.1) is 11.8 Å². The monoisotopic (exact) mass is 246 g/mol. The van der Waals surface area contributed by atoms with Gasteiger partial charge in [0, 0.05) is 12.7 Å². The average Bonchev–Trinajstić information content (AvgIpc) is 2.72. The Hall–Kier alpha value is -1.05. The molecule has 0 amide bonds. The minimum absolute atomic E-state index is 0.186. The first-order valence-electron chi connectivity index (χ1n) is 7.17. The fraction of sp³-hybridized carbons (Fsp3) is 0.688. The number of hydrogen-bond donors (Lipinski definition) is 1. The van der Waals surface area contributed by atoms with Gasteiger partial charge in [0.05, 0.1) is 0 Å². The molecule has 100 valence electrons. The van der Waals surface area contributed by atoms with Crippen molar-refractivity contribution in [2.75, 3.05) is 11.9 Å². The number of pyridine rings is 1. The SMILES string of the molecule is CC1CCCC1CNc1ccc(C(C)(C)C)cn1. The van der Waals surface area contributed by atoms with Crippen LogP contribution in [0.5, 0.6) is 0 Å². The topological polar surface area (TPSA) is 24.9 Å². The molecule has 0 aliphatic heterocycles. The van der Waals surface area contributed by atoms with E-state index >= 15 is 0 Å². The lowest BCUT2D eigenvalue weighted by Gasteiger charge is -2.19. The van der Waals surface area contributed by atoms with Crippen molar-refractivity contribution in [3.63, 3.8) is 0 Å². The lowest BCUT2D eigenvalue weighted by molar-refractivity contribution is 0.439. The number of nitrogens with zero attached hydrogens (tertiary/aromatic N) is 1. The second-order valence-corrected chi connectivity index (χ2v) is 6.73. The first kappa shape index (κ1) is 13.4. The summed E-state index contributed by atoms with van der Waals surface area (Å²) >= 11 is 0. The van der Waals surface area contributed by atoms with Gasteiger partial charge in [-0.2, -0.15) is 0 Å². The van der Waals surface area contributed by atoms with Crippen molar-refractivity contribution in [2.24, 2.45) is 11.8 Å². The summed E-state index contributed by atoms with van der Waals surface area (Å²) in [5.74, 6) is 2.71. The van der Waals surface area contributed by atoms with E-state index in [1.165, 1.54) is 24.8 Å². The van der Waals surface area contributed by atoms with Crippen molar-refractivity contribution in [3.05, 3.63) is 23.9 Å². The highest BCUT2D eigenvalue weighted by Gasteiger charge is 2.22. The Kier molecular flexibility index (Phi) is 3.94. The van der Waals surface area contributed by atoms with Crippen molar-refractivity contribution in [1.82, 2.24) is 4.98 Å². The molecule has 1 aromatic rings. The van der Waals surface area contributed by atoms with Crippen molar-refractivity contribution < 1.29 is 0 Å². The van der Waals surface area contributed by atoms with Crippen LogP contribution < -0.4 is 5.32 Å².